The summed E-state index contributed by atoms with van der Waals surface area (Å²) < 4.78 is 1.90. The van der Waals surface area contributed by atoms with E-state index in [1.54, 1.807) is 0 Å². The molecule has 0 aliphatic heterocycles. The Morgan fingerprint density at radius 2 is 2.06 bits per heavy atom. The molecule has 5 heteroatoms. The highest BCUT2D eigenvalue weighted by Crippen LogP contribution is 2.11. The summed E-state index contributed by atoms with van der Waals surface area (Å²) in [5.41, 5.74) is 3.54. The summed E-state index contributed by atoms with van der Waals surface area (Å²) in [6.07, 6.45) is 3.03. The minimum absolute atomic E-state index is 0.279. The quantitative estimate of drug-likeness (QED) is 0.693. The summed E-state index contributed by atoms with van der Waals surface area (Å²) in [4.78, 5) is 10.3. The lowest BCUT2D eigenvalue weighted by molar-refractivity contribution is -0.137. The lowest BCUT2D eigenvalue weighted by Crippen LogP contribution is -2.15. The first-order valence-electron chi connectivity index (χ1n) is 6.44. The molecule has 0 aromatic carbocycles. The molecule has 1 aromatic rings. The van der Waals surface area contributed by atoms with E-state index in [4.69, 9.17) is 5.11 Å². The predicted molar refractivity (Wildman–Crippen MR) is 70.5 cm³/mol. The second-order valence-electron chi connectivity index (χ2n) is 4.65. The number of hydrogen-bond acceptors (Lipinski definition) is 3. The van der Waals surface area contributed by atoms with Gasteiger partial charge in [0.1, 0.15) is 0 Å². The normalized spacial score (nSPS) is 10.8. The summed E-state index contributed by atoms with van der Waals surface area (Å²) in [6, 6.07) is 0. The molecule has 0 saturated carbocycles. The molecule has 0 atom stereocenters. The molecule has 1 rings (SSSR count). The molecule has 0 radical (unpaired) electrons. The Hall–Kier alpha value is -1.36. The van der Waals surface area contributed by atoms with Gasteiger partial charge in [-0.15, -0.1) is 0 Å². The van der Waals surface area contributed by atoms with Crippen LogP contribution in [0.4, 0.5) is 0 Å². The van der Waals surface area contributed by atoms with E-state index < -0.39 is 5.97 Å². The average molecular weight is 253 g/mol. The predicted octanol–water partition coefficient (Wildman–Crippen LogP) is 1.77. The number of rotatable bonds is 8. The molecule has 0 saturated heterocycles. The molecule has 18 heavy (non-hydrogen) atoms. The van der Waals surface area contributed by atoms with Crippen molar-refractivity contribution >= 4 is 5.97 Å². The van der Waals surface area contributed by atoms with Crippen molar-refractivity contribution in [2.45, 2.75) is 46.1 Å². The third kappa shape index (κ3) is 4.49. The third-order valence-corrected chi connectivity index (χ3v) is 3.20. The number of aryl methyl sites for hydroxylation is 2. The van der Waals surface area contributed by atoms with E-state index in [9.17, 15) is 4.79 Å². The molecule has 0 bridgehead atoms. The minimum Gasteiger partial charge on any atom is -0.481 e. The maximum absolute atomic E-state index is 10.3. The molecule has 1 heterocycles. The molecule has 0 spiro atoms. The number of carboxylic acids is 1. The Balaban J connectivity index is 2.16. The van der Waals surface area contributed by atoms with Crippen molar-refractivity contribution in [1.82, 2.24) is 15.1 Å². The number of nitrogens with one attached hydrogen (secondary N) is 1. The van der Waals surface area contributed by atoms with Gasteiger partial charge in [-0.2, -0.15) is 5.10 Å². The van der Waals surface area contributed by atoms with Crippen molar-refractivity contribution in [3.63, 3.8) is 0 Å². The number of aliphatic carboxylic acids is 1. The van der Waals surface area contributed by atoms with Gasteiger partial charge in [-0.1, -0.05) is 6.42 Å². The van der Waals surface area contributed by atoms with Crippen LogP contribution < -0.4 is 5.32 Å². The van der Waals surface area contributed by atoms with E-state index >= 15 is 0 Å². The van der Waals surface area contributed by atoms with E-state index in [0.717, 1.165) is 38.0 Å². The van der Waals surface area contributed by atoms with Crippen LogP contribution in [0.2, 0.25) is 0 Å². The summed E-state index contributed by atoms with van der Waals surface area (Å²) in [6.45, 7) is 5.86. The van der Waals surface area contributed by atoms with Crippen LogP contribution in [0.1, 0.15) is 42.6 Å². The molecule has 2 N–H and O–H groups in total. The topological polar surface area (TPSA) is 67.2 Å². The van der Waals surface area contributed by atoms with Gasteiger partial charge < -0.3 is 10.4 Å². The van der Waals surface area contributed by atoms with Gasteiger partial charge in [0.2, 0.25) is 0 Å². The van der Waals surface area contributed by atoms with Crippen LogP contribution in [0.5, 0.6) is 0 Å². The van der Waals surface area contributed by atoms with Crippen molar-refractivity contribution in [3.05, 3.63) is 17.0 Å². The van der Waals surface area contributed by atoms with Crippen LogP contribution in [0.15, 0.2) is 0 Å². The first-order chi connectivity index (χ1) is 8.52. The fourth-order valence-electron chi connectivity index (χ4n) is 1.99. The Kier molecular flexibility index (Phi) is 5.85. The molecule has 5 nitrogen and oxygen atoms in total. The molecular weight excluding hydrogens is 230 g/mol. The molecular formula is C13H23N3O2. The number of nitrogens with zero attached hydrogens (tertiary/aromatic N) is 2. The standard InChI is InChI=1S/C13H23N3O2/c1-10-12(11(2)16(3)15-10)9-14-8-6-4-5-7-13(17)18/h14H,4-9H2,1-3H3,(H,17,18). The van der Waals surface area contributed by atoms with E-state index in [1.807, 2.05) is 18.7 Å². The van der Waals surface area contributed by atoms with Gasteiger partial charge in [0.15, 0.2) is 0 Å². The van der Waals surface area contributed by atoms with E-state index in [0.29, 0.717) is 0 Å². The fourth-order valence-corrected chi connectivity index (χ4v) is 1.99. The van der Waals surface area contributed by atoms with Gasteiger partial charge in [0.25, 0.3) is 0 Å². The highest BCUT2D eigenvalue weighted by atomic mass is 16.4. The molecule has 0 unspecified atom stereocenters. The maximum atomic E-state index is 10.3. The molecule has 102 valence electrons. The van der Waals surface area contributed by atoms with Crippen LogP contribution in [0.3, 0.4) is 0 Å². The van der Waals surface area contributed by atoms with Gasteiger partial charge in [-0.05, 0) is 33.2 Å². The summed E-state index contributed by atoms with van der Waals surface area (Å²) in [7, 11) is 1.96. The zero-order chi connectivity index (χ0) is 13.5. The van der Waals surface area contributed by atoms with Gasteiger partial charge in [0, 0.05) is 31.3 Å². The van der Waals surface area contributed by atoms with Gasteiger partial charge in [-0.3, -0.25) is 9.48 Å². The molecule has 0 aliphatic carbocycles. The number of unbranched alkanes of at least 4 members (excludes halogenated alkanes) is 2. The number of carboxylic acid groups (broad SMARTS) is 1. The minimum atomic E-state index is -0.704. The van der Waals surface area contributed by atoms with Crippen molar-refractivity contribution in [2.75, 3.05) is 6.54 Å². The van der Waals surface area contributed by atoms with Crippen molar-refractivity contribution in [1.29, 1.82) is 0 Å². The van der Waals surface area contributed by atoms with Crippen molar-refractivity contribution in [2.24, 2.45) is 7.05 Å². The second-order valence-corrected chi connectivity index (χ2v) is 4.65. The van der Waals surface area contributed by atoms with Gasteiger partial charge >= 0.3 is 5.97 Å². The van der Waals surface area contributed by atoms with Gasteiger partial charge in [-0.25, -0.2) is 0 Å². The number of hydrogen-bond donors (Lipinski definition) is 2. The third-order valence-electron chi connectivity index (χ3n) is 3.20. The van der Waals surface area contributed by atoms with Crippen molar-refractivity contribution < 1.29 is 9.90 Å². The summed E-state index contributed by atoms with van der Waals surface area (Å²) in [5.74, 6) is -0.704. The molecule has 1 aromatic heterocycles. The van der Waals surface area contributed by atoms with Crippen LogP contribution >= 0.6 is 0 Å². The highest BCUT2D eigenvalue weighted by molar-refractivity contribution is 5.66. The zero-order valence-electron chi connectivity index (χ0n) is 11.5. The van der Waals surface area contributed by atoms with E-state index in [1.165, 1.54) is 11.3 Å². The molecule has 0 fully saturated rings. The first-order valence-corrected chi connectivity index (χ1v) is 6.44. The monoisotopic (exact) mass is 253 g/mol. The largest absolute Gasteiger partial charge is 0.481 e. The summed E-state index contributed by atoms with van der Waals surface area (Å²) >= 11 is 0. The lowest BCUT2D eigenvalue weighted by Gasteiger charge is -2.05. The van der Waals surface area contributed by atoms with E-state index in [-0.39, 0.29) is 6.42 Å². The average Bonchev–Trinajstić information content (AvgIpc) is 2.53. The van der Waals surface area contributed by atoms with Crippen LogP contribution in [-0.4, -0.2) is 27.4 Å². The van der Waals surface area contributed by atoms with Gasteiger partial charge in [0.05, 0.1) is 5.69 Å². The van der Waals surface area contributed by atoms with Crippen molar-refractivity contribution in [3.8, 4) is 0 Å². The fraction of sp³-hybridized carbons (Fsp3) is 0.692. The Labute approximate surface area is 108 Å². The number of carbonyl (C=O) groups is 1. The second kappa shape index (κ2) is 7.16. The first kappa shape index (κ1) is 14.7. The zero-order valence-corrected chi connectivity index (χ0v) is 11.5. The van der Waals surface area contributed by atoms with Crippen LogP contribution in [0, 0.1) is 13.8 Å². The van der Waals surface area contributed by atoms with Crippen LogP contribution in [0.25, 0.3) is 0 Å². The molecule has 0 amide bonds. The van der Waals surface area contributed by atoms with Crippen LogP contribution in [-0.2, 0) is 18.4 Å². The lowest BCUT2D eigenvalue weighted by atomic mass is 10.2. The summed E-state index contributed by atoms with van der Waals surface area (Å²) in [5, 5.41) is 16.3. The smallest absolute Gasteiger partial charge is 0.303 e. The Morgan fingerprint density at radius 3 is 2.61 bits per heavy atom. The maximum Gasteiger partial charge on any atom is 0.303 e. The van der Waals surface area contributed by atoms with E-state index in [2.05, 4.69) is 17.3 Å². The Morgan fingerprint density at radius 1 is 1.33 bits per heavy atom. The molecule has 0 aliphatic rings. The Bertz CT molecular complexity index is 399. The SMILES string of the molecule is Cc1nn(C)c(C)c1CNCCCCCC(=O)O. The highest BCUT2D eigenvalue weighted by Gasteiger charge is 2.07. The number of aromatic nitrogens is 2.